The van der Waals surface area contributed by atoms with Gasteiger partial charge < -0.3 is 14.8 Å². The normalized spacial score (nSPS) is 10.2. The molecule has 0 aliphatic carbocycles. The van der Waals surface area contributed by atoms with Crippen LogP contribution in [0.3, 0.4) is 0 Å². The molecule has 1 aromatic rings. The van der Waals surface area contributed by atoms with Crippen LogP contribution in [0.2, 0.25) is 0 Å². The number of rotatable bonds is 6. The van der Waals surface area contributed by atoms with E-state index < -0.39 is 16.8 Å². The number of methoxy groups -OCH3 is 1. The molecule has 0 spiro atoms. The van der Waals surface area contributed by atoms with Crippen LogP contribution in [0, 0.1) is 10.1 Å². The molecule has 0 fully saturated rings. The standard InChI is InChI=1S/C13H14N2O6/c1-3-21-13(17)7-6-12(16)14-10-5-4-9(15(18)19)8-11(10)20-2/h4-8H,3H2,1-2H3,(H,14,16)/b7-6+. The number of nitro benzene ring substituents is 1. The Balaban J connectivity index is 2.80. The highest BCUT2D eigenvalue weighted by Crippen LogP contribution is 2.28. The van der Waals surface area contributed by atoms with Gasteiger partial charge in [-0.2, -0.15) is 0 Å². The van der Waals surface area contributed by atoms with E-state index in [-0.39, 0.29) is 23.7 Å². The maximum atomic E-state index is 11.6. The maximum Gasteiger partial charge on any atom is 0.330 e. The number of benzene rings is 1. The minimum absolute atomic E-state index is 0.141. The van der Waals surface area contributed by atoms with Crippen molar-refractivity contribution in [3.05, 3.63) is 40.5 Å². The minimum Gasteiger partial charge on any atom is -0.494 e. The molecule has 1 amide bonds. The lowest BCUT2D eigenvalue weighted by Crippen LogP contribution is -2.10. The molecule has 0 unspecified atom stereocenters. The number of hydrogen-bond acceptors (Lipinski definition) is 6. The Morgan fingerprint density at radius 2 is 2.10 bits per heavy atom. The highest BCUT2D eigenvalue weighted by Gasteiger charge is 2.12. The Labute approximate surface area is 120 Å². The van der Waals surface area contributed by atoms with Crippen LogP contribution in [0.1, 0.15) is 6.92 Å². The summed E-state index contributed by atoms with van der Waals surface area (Å²) in [5.41, 5.74) is 0.0912. The lowest BCUT2D eigenvalue weighted by molar-refractivity contribution is -0.384. The summed E-state index contributed by atoms with van der Waals surface area (Å²) in [5, 5.41) is 13.1. The summed E-state index contributed by atoms with van der Waals surface area (Å²) in [7, 11) is 1.32. The molecule has 0 atom stereocenters. The van der Waals surface area contributed by atoms with E-state index in [1.165, 1.54) is 25.3 Å². The topological polar surface area (TPSA) is 108 Å². The zero-order valence-corrected chi connectivity index (χ0v) is 11.5. The van der Waals surface area contributed by atoms with Crippen LogP contribution in [0.5, 0.6) is 5.75 Å². The van der Waals surface area contributed by atoms with Crippen LogP contribution in [-0.4, -0.2) is 30.5 Å². The molecular formula is C13H14N2O6. The summed E-state index contributed by atoms with van der Waals surface area (Å²) in [6.07, 6.45) is 1.98. The number of nitrogens with one attached hydrogen (secondary N) is 1. The van der Waals surface area contributed by atoms with Crippen molar-refractivity contribution in [3.8, 4) is 5.75 Å². The Bertz CT molecular complexity index is 582. The highest BCUT2D eigenvalue weighted by molar-refractivity contribution is 6.03. The van der Waals surface area contributed by atoms with Gasteiger partial charge in [0, 0.05) is 18.2 Å². The van der Waals surface area contributed by atoms with Crippen LogP contribution >= 0.6 is 0 Å². The van der Waals surface area contributed by atoms with Crippen LogP contribution in [0.15, 0.2) is 30.4 Å². The molecule has 8 heteroatoms. The first-order valence-corrected chi connectivity index (χ1v) is 5.96. The van der Waals surface area contributed by atoms with Crippen molar-refractivity contribution in [2.45, 2.75) is 6.92 Å². The fraction of sp³-hybridized carbons (Fsp3) is 0.231. The van der Waals surface area contributed by atoms with Gasteiger partial charge in [-0.15, -0.1) is 0 Å². The zero-order chi connectivity index (χ0) is 15.8. The van der Waals surface area contributed by atoms with E-state index >= 15 is 0 Å². The molecule has 0 saturated heterocycles. The summed E-state index contributed by atoms with van der Waals surface area (Å²) in [6, 6.07) is 3.75. The van der Waals surface area contributed by atoms with Crippen molar-refractivity contribution in [2.75, 3.05) is 19.0 Å². The third-order valence-corrected chi connectivity index (χ3v) is 2.31. The molecule has 0 aliphatic heterocycles. The van der Waals surface area contributed by atoms with E-state index in [0.29, 0.717) is 0 Å². The number of nitro groups is 1. The summed E-state index contributed by atoms with van der Waals surface area (Å²) in [5.74, 6) is -1.08. The van der Waals surface area contributed by atoms with Crippen molar-refractivity contribution in [1.82, 2.24) is 0 Å². The molecule has 0 bridgehead atoms. The Morgan fingerprint density at radius 3 is 2.67 bits per heavy atom. The number of esters is 1. The molecule has 1 rings (SSSR count). The van der Waals surface area contributed by atoms with Gasteiger partial charge in [-0.3, -0.25) is 14.9 Å². The largest absolute Gasteiger partial charge is 0.494 e. The first-order chi connectivity index (χ1) is 9.97. The van der Waals surface area contributed by atoms with Crippen LogP contribution in [0.25, 0.3) is 0 Å². The molecule has 0 saturated carbocycles. The van der Waals surface area contributed by atoms with Gasteiger partial charge in [0.2, 0.25) is 5.91 Å². The molecular weight excluding hydrogens is 280 g/mol. The Hall–Kier alpha value is -2.90. The summed E-state index contributed by atoms with van der Waals surface area (Å²) >= 11 is 0. The molecule has 0 aromatic heterocycles. The Morgan fingerprint density at radius 1 is 1.38 bits per heavy atom. The third kappa shape index (κ3) is 4.94. The number of ether oxygens (including phenoxy) is 2. The number of amides is 1. The first kappa shape index (κ1) is 16.2. The number of hydrogen-bond donors (Lipinski definition) is 1. The van der Waals surface area contributed by atoms with Gasteiger partial charge in [-0.25, -0.2) is 4.79 Å². The molecule has 0 radical (unpaired) electrons. The van der Waals surface area contributed by atoms with Crippen molar-refractivity contribution in [1.29, 1.82) is 0 Å². The summed E-state index contributed by atoms with van der Waals surface area (Å²) in [4.78, 5) is 32.7. The molecule has 112 valence electrons. The number of non-ortho nitro benzene ring substituents is 1. The molecule has 21 heavy (non-hydrogen) atoms. The predicted molar refractivity (Wildman–Crippen MR) is 74.1 cm³/mol. The minimum atomic E-state index is -0.636. The van der Waals surface area contributed by atoms with E-state index in [1.807, 2.05) is 0 Å². The SMILES string of the molecule is CCOC(=O)/C=C/C(=O)Nc1ccc([N+](=O)[O-])cc1OC. The van der Waals surface area contributed by atoms with Gasteiger partial charge in [0.05, 0.1) is 30.4 Å². The molecule has 0 heterocycles. The number of carbonyl (C=O) groups excluding carboxylic acids is 2. The van der Waals surface area contributed by atoms with Gasteiger partial charge in [0.15, 0.2) is 0 Å². The van der Waals surface area contributed by atoms with Crippen molar-refractivity contribution >= 4 is 23.3 Å². The second-order valence-corrected chi connectivity index (χ2v) is 3.72. The van der Waals surface area contributed by atoms with Crippen LogP contribution < -0.4 is 10.1 Å². The summed E-state index contributed by atoms with van der Waals surface area (Å²) < 4.78 is 9.59. The summed E-state index contributed by atoms with van der Waals surface area (Å²) in [6.45, 7) is 1.86. The molecule has 1 aromatic carbocycles. The lowest BCUT2D eigenvalue weighted by atomic mass is 10.2. The maximum absolute atomic E-state index is 11.6. The van der Waals surface area contributed by atoms with Gasteiger partial charge >= 0.3 is 5.97 Å². The van der Waals surface area contributed by atoms with Crippen molar-refractivity contribution in [3.63, 3.8) is 0 Å². The van der Waals surface area contributed by atoms with Crippen LogP contribution in [-0.2, 0) is 14.3 Å². The number of nitrogens with zero attached hydrogens (tertiary/aromatic N) is 1. The predicted octanol–water partition coefficient (Wildman–Crippen LogP) is 1.66. The van der Waals surface area contributed by atoms with E-state index in [1.54, 1.807) is 6.92 Å². The third-order valence-electron chi connectivity index (χ3n) is 2.31. The van der Waals surface area contributed by atoms with Crippen molar-refractivity contribution in [2.24, 2.45) is 0 Å². The van der Waals surface area contributed by atoms with Gasteiger partial charge in [0.1, 0.15) is 5.75 Å². The molecule has 8 nitrogen and oxygen atoms in total. The highest BCUT2D eigenvalue weighted by atomic mass is 16.6. The number of anilines is 1. The van der Waals surface area contributed by atoms with Gasteiger partial charge in [0.25, 0.3) is 5.69 Å². The fourth-order valence-electron chi connectivity index (χ4n) is 1.41. The smallest absolute Gasteiger partial charge is 0.330 e. The van der Waals surface area contributed by atoms with E-state index in [2.05, 4.69) is 10.1 Å². The average Bonchev–Trinajstić information content (AvgIpc) is 2.45. The zero-order valence-electron chi connectivity index (χ0n) is 11.5. The van der Waals surface area contributed by atoms with Crippen molar-refractivity contribution < 1.29 is 24.0 Å². The van der Waals surface area contributed by atoms with E-state index in [4.69, 9.17) is 4.74 Å². The fourth-order valence-corrected chi connectivity index (χ4v) is 1.41. The monoisotopic (exact) mass is 294 g/mol. The quantitative estimate of drug-likeness (QED) is 0.370. The van der Waals surface area contributed by atoms with E-state index in [0.717, 1.165) is 12.2 Å². The molecule has 1 N–H and O–H groups in total. The first-order valence-electron chi connectivity index (χ1n) is 5.96. The second kappa shape index (κ2) is 7.63. The van der Waals surface area contributed by atoms with E-state index in [9.17, 15) is 19.7 Å². The van der Waals surface area contributed by atoms with Crippen LogP contribution in [0.4, 0.5) is 11.4 Å². The average molecular weight is 294 g/mol. The lowest BCUT2D eigenvalue weighted by Gasteiger charge is -2.08. The van der Waals surface area contributed by atoms with Gasteiger partial charge in [-0.1, -0.05) is 0 Å². The Kier molecular flexibility index (Phi) is 5.87. The molecule has 0 aliphatic rings. The van der Waals surface area contributed by atoms with Gasteiger partial charge in [-0.05, 0) is 13.0 Å². The second-order valence-electron chi connectivity index (χ2n) is 3.72. The number of carbonyl (C=O) groups is 2.